The molecular formula is C7H11N5. The molecule has 0 fully saturated rings. The van der Waals surface area contributed by atoms with Crippen LogP contribution < -0.4 is 11.2 Å². The highest BCUT2D eigenvalue weighted by atomic mass is 15.3. The first-order valence-electron chi connectivity index (χ1n) is 3.67. The Bertz CT molecular complexity index is 256. The summed E-state index contributed by atoms with van der Waals surface area (Å²) in [6.45, 7) is 2.68. The highest BCUT2D eigenvalue weighted by Crippen LogP contribution is 1.87. The summed E-state index contributed by atoms with van der Waals surface area (Å²) in [6.07, 6.45) is 4.73. The van der Waals surface area contributed by atoms with Crippen molar-refractivity contribution in [1.29, 1.82) is 0 Å². The lowest BCUT2D eigenvalue weighted by Crippen LogP contribution is -2.20. The average molecular weight is 165 g/mol. The van der Waals surface area contributed by atoms with Gasteiger partial charge >= 0.3 is 0 Å². The molecule has 0 unspecified atom stereocenters. The van der Waals surface area contributed by atoms with Gasteiger partial charge in [-0.1, -0.05) is 0 Å². The minimum absolute atomic E-state index is 0.352. The Labute approximate surface area is 70.7 Å². The molecule has 0 bridgehead atoms. The number of nitrogens with one attached hydrogen (secondary N) is 1. The van der Waals surface area contributed by atoms with E-state index in [9.17, 15) is 0 Å². The minimum Gasteiger partial charge on any atom is -0.380 e. The van der Waals surface area contributed by atoms with Crippen LogP contribution in [0.1, 0.15) is 12.6 Å². The van der Waals surface area contributed by atoms with Crippen LogP contribution in [-0.2, 0) is 0 Å². The van der Waals surface area contributed by atoms with Crippen LogP contribution in [0.4, 0.5) is 0 Å². The number of amidine groups is 1. The van der Waals surface area contributed by atoms with Crippen molar-refractivity contribution in [3.05, 3.63) is 24.3 Å². The summed E-state index contributed by atoms with van der Waals surface area (Å²) in [5, 5.41) is 3.85. The number of hydrogen-bond donors (Lipinski definition) is 2. The molecule has 12 heavy (non-hydrogen) atoms. The first kappa shape index (κ1) is 8.45. The van der Waals surface area contributed by atoms with Gasteiger partial charge in [-0.3, -0.25) is 4.98 Å². The Morgan fingerprint density at radius 1 is 1.67 bits per heavy atom. The summed E-state index contributed by atoms with van der Waals surface area (Å²) in [6, 6.07) is 0. The third-order valence-corrected chi connectivity index (χ3v) is 1.18. The van der Waals surface area contributed by atoms with Crippen molar-refractivity contribution >= 4 is 5.84 Å². The maximum absolute atomic E-state index is 5.57. The molecule has 0 aromatic carbocycles. The number of hydrazone groups is 1. The van der Waals surface area contributed by atoms with Crippen LogP contribution >= 0.6 is 0 Å². The van der Waals surface area contributed by atoms with E-state index in [1.54, 1.807) is 18.6 Å². The van der Waals surface area contributed by atoms with Gasteiger partial charge in [-0.2, -0.15) is 5.10 Å². The van der Waals surface area contributed by atoms with Gasteiger partial charge in [0.05, 0.1) is 6.20 Å². The largest absolute Gasteiger partial charge is 0.380 e. The van der Waals surface area contributed by atoms with Crippen LogP contribution in [0.15, 0.2) is 23.7 Å². The molecule has 5 nitrogen and oxygen atoms in total. The molecule has 0 aliphatic carbocycles. The second-order valence-electron chi connectivity index (χ2n) is 2.10. The van der Waals surface area contributed by atoms with Crippen molar-refractivity contribution in [2.75, 3.05) is 6.54 Å². The third kappa shape index (κ3) is 2.19. The van der Waals surface area contributed by atoms with E-state index in [1.807, 2.05) is 6.92 Å². The van der Waals surface area contributed by atoms with E-state index in [0.29, 0.717) is 11.5 Å². The Balaban J connectivity index is 2.71. The van der Waals surface area contributed by atoms with Crippen molar-refractivity contribution in [2.24, 2.45) is 10.8 Å². The van der Waals surface area contributed by atoms with Crippen molar-refractivity contribution in [3.63, 3.8) is 0 Å². The minimum atomic E-state index is 0.352. The van der Waals surface area contributed by atoms with Gasteiger partial charge in [0.1, 0.15) is 5.69 Å². The molecule has 1 rings (SSSR count). The van der Waals surface area contributed by atoms with Gasteiger partial charge < -0.3 is 11.2 Å². The predicted molar refractivity (Wildman–Crippen MR) is 46.4 cm³/mol. The molecule has 0 atom stereocenters. The number of hydrogen-bond acceptors (Lipinski definition) is 4. The topological polar surface area (TPSA) is 76.2 Å². The maximum Gasteiger partial charge on any atom is 0.170 e. The Kier molecular flexibility index (Phi) is 3.01. The molecule has 5 heteroatoms. The normalized spacial score (nSPS) is 11.2. The van der Waals surface area contributed by atoms with E-state index in [2.05, 4.69) is 20.5 Å². The summed E-state index contributed by atoms with van der Waals surface area (Å²) in [4.78, 5) is 7.84. The van der Waals surface area contributed by atoms with Crippen LogP contribution in [0.3, 0.4) is 0 Å². The van der Waals surface area contributed by atoms with Crippen molar-refractivity contribution < 1.29 is 0 Å². The van der Waals surface area contributed by atoms with E-state index >= 15 is 0 Å². The van der Waals surface area contributed by atoms with E-state index in [4.69, 9.17) is 5.73 Å². The molecule has 0 saturated carbocycles. The first-order chi connectivity index (χ1) is 5.84. The molecule has 0 spiro atoms. The van der Waals surface area contributed by atoms with E-state index in [-0.39, 0.29) is 0 Å². The van der Waals surface area contributed by atoms with Gasteiger partial charge in [-0.15, -0.1) is 0 Å². The summed E-state index contributed by atoms with van der Waals surface area (Å²) in [7, 11) is 0. The Morgan fingerprint density at radius 3 is 3.08 bits per heavy atom. The molecular weight excluding hydrogens is 154 g/mol. The molecule has 0 amide bonds. The number of nitrogens with two attached hydrogens (primary N) is 1. The number of rotatable bonds is 3. The van der Waals surface area contributed by atoms with Gasteiger partial charge in [0.15, 0.2) is 5.84 Å². The van der Waals surface area contributed by atoms with Crippen LogP contribution in [0.5, 0.6) is 0 Å². The summed E-state index contributed by atoms with van der Waals surface area (Å²) in [5.74, 6) is 0.352. The average Bonchev–Trinajstić information content (AvgIpc) is 2.15. The van der Waals surface area contributed by atoms with Crippen molar-refractivity contribution in [2.45, 2.75) is 6.92 Å². The van der Waals surface area contributed by atoms with Gasteiger partial charge in [-0.25, -0.2) is 4.98 Å². The summed E-state index contributed by atoms with van der Waals surface area (Å²) in [5.41, 5.74) is 8.89. The molecule has 64 valence electrons. The van der Waals surface area contributed by atoms with Crippen LogP contribution in [0.2, 0.25) is 0 Å². The molecule has 0 radical (unpaired) electrons. The highest BCUT2D eigenvalue weighted by molar-refractivity contribution is 5.95. The monoisotopic (exact) mass is 165 g/mol. The van der Waals surface area contributed by atoms with Crippen LogP contribution in [0.25, 0.3) is 0 Å². The second kappa shape index (κ2) is 4.27. The Morgan fingerprint density at radius 2 is 2.50 bits per heavy atom. The number of aromatic nitrogens is 2. The molecule has 3 N–H and O–H groups in total. The predicted octanol–water partition coefficient (Wildman–Crippen LogP) is -0.294. The molecule has 1 aromatic heterocycles. The van der Waals surface area contributed by atoms with Crippen molar-refractivity contribution in [1.82, 2.24) is 15.4 Å². The van der Waals surface area contributed by atoms with Gasteiger partial charge in [0.25, 0.3) is 0 Å². The van der Waals surface area contributed by atoms with Gasteiger partial charge in [0, 0.05) is 18.9 Å². The SMILES string of the molecule is CCN/N=C(\N)c1cnccn1. The fraction of sp³-hybridized carbons (Fsp3) is 0.286. The lowest BCUT2D eigenvalue weighted by Gasteiger charge is -1.98. The number of nitrogens with zero attached hydrogens (tertiary/aromatic N) is 3. The van der Waals surface area contributed by atoms with Gasteiger partial charge in [-0.05, 0) is 6.92 Å². The third-order valence-electron chi connectivity index (χ3n) is 1.18. The lowest BCUT2D eigenvalue weighted by molar-refractivity contribution is 0.780. The molecule has 0 aliphatic rings. The maximum atomic E-state index is 5.57. The van der Waals surface area contributed by atoms with Crippen molar-refractivity contribution in [3.8, 4) is 0 Å². The zero-order valence-electron chi connectivity index (χ0n) is 6.86. The fourth-order valence-electron chi connectivity index (χ4n) is 0.653. The Hall–Kier alpha value is -1.65. The zero-order valence-corrected chi connectivity index (χ0v) is 6.86. The van der Waals surface area contributed by atoms with Gasteiger partial charge in [0.2, 0.25) is 0 Å². The highest BCUT2D eigenvalue weighted by Gasteiger charge is 1.96. The molecule has 1 aromatic rings. The zero-order chi connectivity index (χ0) is 8.81. The lowest BCUT2D eigenvalue weighted by atomic mass is 10.4. The summed E-state index contributed by atoms with van der Waals surface area (Å²) >= 11 is 0. The quantitative estimate of drug-likeness (QED) is 0.366. The fourth-order valence-corrected chi connectivity index (χ4v) is 0.653. The van der Waals surface area contributed by atoms with E-state index < -0.39 is 0 Å². The van der Waals surface area contributed by atoms with Crippen LogP contribution in [0, 0.1) is 0 Å². The van der Waals surface area contributed by atoms with E-state index in [1.165, 1.54) is 0 Å². The second-order valence-corrected chi connectivity index (χ2v) is 2.10. The molecule has 0 saturated heterocycles. The summed E-state index contributed by atoms with van der Waals surface area (Å²) < 4.78 is 0. The van der Waals surface area contributed by atoms with Crippen LogP contribution in [-0.4, -0.2) is 22.3 Å². The first-order valence-corrected chi connectivity index (χ1v) is 3.67. The smallest absolute Gasteiger partial charge is 0.170 e. The molecule has 0 aliphatic heterocycles. The van der Waals surface area contributed by atoms with E-state index in [0.717, 1.165) is 6.54 Å². The standard InChI is InChI=1S/C7H11N5/c1-2-11-12-7(8)6-5-9-3-4-10-6/h3-5,11H,2H2,1H3,(H2,8,12). The molecule has 1 heterocycles.